The average molecular weight is 352 g/mol. The van der Waals surface area contributed by atoms with Gasteiger partial charge in [-0.05, 0) is 50.8 Å². The second-order valence-corrected chi connectivity index (χ2v) is 6.85. The maximum absolute atomic E-state index is 13.1. The number of pyridine rings is 2. The van der Waals surface area contributed by atoms with Crippen LogP contribution in [0, 0.1) is 19.8 Å². The van der Waals surface area contributed by atoms with E-state index in [2.05, 4.69) is 20.4 Å². The minimum absolute atomic E-state index is 0.158. The Morgan fingerprint density at radius 2 is 2.15 bits per heavy atom. The van der Waals surface area contributed by atoms with E-state index in [1.165, 1.54) is 0 Å². The number of fused-ring (bicyclic) bond motifs is 1. The molecule has 26 heavy (non-hydrogen) atoms. The summed E-state index contributed by atoms with van der Waals surface area (Å²) in [5, 5.41) is 17.3. The fourth-order valence-electron chi connectivity index (χ4n) is 3.51. The molecule has 1 fully saturated rings. The molecule has 7 heteroatoms. The van der Waals surface area contributed by atoms with Gasteiger partial charge in [0.2, 0.25) is 0 Å². The minimum Gasteiger partial charge on any atom is -0.393 e. The molecule has 7 nitrogen and oxygen atoms in total. The van der Waals surface area contributed by atoms with Gasteiger partial charge in [0.05, 0.1) is 34.5 Å². The van der Waals surface area contributed by atoms with Crippen LogP contribution in [0.3, 0.4) is 0 Å². The van der Waals surface area contributed by atoms with E-state index in [9.17, 15) is 9.90 Å². The molecule has 0 spiro atoms. The summed E-state index contributed by atoms with van der Waals surface area (Å²) in [7, 11) is 0. The Hall–Kier alpha value is -2.80. The zero-order valence-electron chi connectivity index (χ0n) is 14.6. The van der Waals surface area contributed by atoms with Crippen LogP contribution >= 0.6 is 0 Å². The normalized spacial score (nSPS) is 20.6. The second-order valence-electron chi connectivity index (χ2n) is 6.85. The van der Waals surface area contributed by atoms with Gasteiger partial charge in [0.15, 0.2) is 0 Å². The number of aliphatic hydroxyl groups excluding tert-OH is 1. The van der Waals surface area contributed by atoms with Crippen molar-refractivity contribution in [3.05, 3.63) is 53.1 Å². The molecular weight excluding hydrogens is 332 g/mol. The van der Waals surface area contributed by atoms with E-state index >= 15 is 0 Å². The third-order valence-corrected chi connectivity index (χ3v) is 4.90. The van der Waals surface area contributed by atoms with Crippen molar-refractivity contribution in [2.45, 2.75) is 38.8 Å². The molecule has 1 amide bonds. The van der Waals surface area contributed by atoms with Gasteiger partial charge in [-0.15, -0.1) is 0 Å². The maximum Gasteiger partial charge on any atom is 0.258 e. The lowest BCUT2D eigenvalue weighted by Gasteiger charge is -2.37. The van der Waals surface area contributed by atoms with Crippen molar-refractivity contribution in [3.8, 4) is 0 Å². The van der Waals surface area contributed by atoms with Gasteiger partial charge in [-0.25, -0.2) is 4.98 Å². The molecule has 134 valence electrons. The van der Waals surface area contributed by atoms with Crippen LogP contribution in [0.1, 0.15) is 46.3 Å². The zero-order valence-corrected chi connectivity index (χ0v) is 14.6. The average Bonchev–Trinajstić information content (AvgIpc) is 2.98. The summed E-state index contributed by atoms with van der Waals surface area (Å²) < 4.78 is 5.22. The molecule has 0 saturated heterocycles. The first-order valence-corrected chi connectivity index (χ1v) is 8.66. The van der Waals surface area contributed by atoms with Crippen molar-refractivity contribution in [1.29, 1.82) is 0 Å². The van der Waals surface area contributed by atoms with Gasteiger partial charge in [0.25, 0.3) is 11.6 Å². The highest BCUT2D eigenvalue weighted by atomic mass is 16.5. The Balaban J connectivity index is 1.68. The van der Waals surface area contributed by atoms with E-state index in [0.29, 0.717) is 40.9 Å². The summed E-state index contributed by atoms with van der Waals surface area (Å²) in [5.41, 5.74) is 2.97. The first kappa shape index (κ1) is 16.7. The van der Waals surface area contributed by atoms with Gasteiger partial charge in [-0.3, -0.25) is 9.78 Å². The lowest BCUT2D eigenvalue weighted by atomic mass is 9.76. The fourth-order valence-corrected chi connectivity index (χ4v) is 3.51. The molecule has 0 unspecified atom stereocenters. The molecule has 1 atom stereocenters. The van der Waals surface area contributed by atoms with Crippen molar-refractivity contribution in [3.63, 3.8) is 0 Å². The molecule has 3 aromatic rings. The summed E-state index contributed by atoms with van der Waals surface area (Å²) in [5.74, 6) is -0.0605. The van der Waals surface area contributed by atoms with E-state index in [-0.39, 0.29) is 24.0 Å². The summed E-state index contributed by atoms with van der Waals surface area (Å²) in [6.07, 6.45) is 2.71. The Kier molecular flexibility index (Phi) is 4.16. The standard InChI is InChI=1S/C19H20N4O3/c1-10-7-14(16-11(2)23-26-19(16)21-10)18(25)22-17(12-8-13(24)9-12)15-5-3-4-6-20-15/h3-7,12-13,17,24H,8-9H2,1-2H3,(H,22,25)/t12?,13?,17-/m1/s1. The lowest BCUT2D eigenvalue weighted by Crippen LogP contribution is -2.41. The molecule has 1 aliphatic rings. The first-order valence-electron chi connectivity index (χ1n) is 8.66. The van der Waals surface area contributed by atoms with E-state index in [0.717, 1.165) is 5.69 Å². The van der Waals surface area contributed by atoms with Gasteiger partial charge in [-0.2, -0.15) is 0 Å². The molecule has 3 aromatic heterocycles. The number of hydrogen-bond donors (Lipinski definition) is 2. The monoisotopic (exact) mass is 352 g/mol. The van der Waals surface area contributed by atoms with Gasteiger partial charge in [0.1, 0.15) is 0 Å². The van der Waals surface area contributed by atoms with Crippen LogP contribution in [0.25, 0.3) is 11.1 Å². The largest absolute Gasteiger partial charge is 0.393 e. The Morgan fingerprint density at radius 3 is 2.85 bits per heavy atom. The molecule has 0 aromatic carbocycles. The predicted molar refractivity (Wildman–Crippen MR) is 94.5 cm³/mol. The van der Waals surface area contributed by atoms with Crippen molar-refractivity contribution >= 4 is 17.0 Å². The summed E-state index contributed by atoms with van der Waals surface area (Å²) >= 11 is 0. The number of nitrogens with zero attached hydrogens (tertiary/aromatic N) is 3. The van der Waals surface area contributed by atoms with Crippen LogP contribution in [0.4, 0.5) is 0 Å². The maximum atomic E-state index is 13.1. The SMILES string of the molecule is Cc1cc(C(=O)N[C@@H](c2ccccn2)C2CC(O)C2)c2c(C)noc2n1. The molecule has 4 rings (SSSR count). The van der Waals surface area contributed by atoms with E-state index in [4.69, 9.17) is 4.52 Å². The lowest BCUT2D eigenvalue weighted by molar-refractivity contribution is 0.0228. The summed E-state index contributed by atoms with van der Waals surface area (Å²) in [6, 6.07) is 7.13. The molecule has 1 saturated carbocycles. The quantitative estimate of drug-likeness (QED) is 0.748. The number of aliphatic hydroxyl groups is 1. The smallest absolute Gasteiger partial charge is 0.258 e. The van der Waals surface area contributed by atoms with E-state index in [1.54, 1.807) is 19.2 Å². The van der Waals surface area contributed by atoms with Gasteiger partial charge < -0.3 is 14.9 Å². The minimum atomic E-state index is -0.307. The molecular formula is C19H20N4O3. The third-order valence-electron chi connectivity index (χ3n) is 4.90. The van der Waals surface area contributed by atoms with Gasteiger partial charge in [0, 0.05) is 11.9 Å². The zero-order chi connectivity index (χ0) is 18.3. The van der Waals surface area contributed by atoms with Crippen LogP contribution in [0.5, 0.6) is 0 Å². The van der Waals surface area contributed by atoms with E-state index < -0.39 is 0 Å². The molecule has 2 N–H and O–H groups in total. The summed E-state index contributed by atoms with van der Waals surface area (Å²) in [6.45, 7) is 3.60. The number of aromatic nitrogens is 3. The van der Waals surface area contributed by atoms with Crippen molar-refractivity contribution in [1.82, 2.24) is 20.4 Å². The Bertz CT molecular complexity index is 948. The van der Waals surface area contributed by atoms with Crippen LogP contribution in [-0.2, 0) is 0 Å². The number of rotatable bonds is 4. The van der Waals surface area contributed by atoms with Crippen LogP contribution in [0.15, 0.2) is 35.0 Å². The molecule has 0 aliphatic heterocycles. The number of aryl methyl sites for hydroxylation is 2. The highest BCUT2D eigenvalue weighted by Crippen LogP contribution is 2.37. The Morgan fingerprint density at radius 1 is 1.35 bits per heavy atom. The van der Waals surface area contributed by atoms with Crippen molar-refractivity contribution in [2.24, 2.45) is 5.92 Å². The van der Waals surface area contributed by atoms with Gasteiger partial charge >= 0.3 is 0 Å². The number of hydrogen-bond acceptors (Lipinski definition) is 6. The highest BCUT2D eigenvalue weighted by molar-refractivity contribution is 6.06. The number of carbonyl (C=O) groups excluding carboxylic acids is 1. The second kappa shape index (κ2) is 6.49. The van der Waals surface area contributed by atoms with Crippen LogP contribution in [0.2, 0.25) is 0 Å². The highest BCUT2D eigenvalue weighted by Gasteiger charge is 2.36. The first-order chi connectivity index (χ1) is 12.5. The molecule has 3 heterocycles. The van der Waals surface area contributed by atoms with E-state index in [1.807, 2.05) is 25.1 Å². The predicted octanol–water partition coefficient (Wildman–Crippen LogP) is 2.48. The Labute approximate surface area is 150 Å². The number of amides is 1. The van der Waals surface area contributed by atoms with Crippen molar-refractivity contribution < 1.29 is 14.4 Å². The fraction of sp³-hybridized carbons (Fsp3) is 0.368. The molecule has 0 bridgehead atoms. The van der Waals surface area contributed by atoms with Crippen LogP contribution < -0.4 is 5.32 Å². The molecule has 0 radical (unpaired) electrons. The van der Waals surface area contributed by atoms with Gasteiger partial charge in [-0.1, -0.05) is 11.2 Å². The topological polar surface area (TPSA) is 101 Å². The summed E-state index contributed by atoms with van der Waals surface area (Å²) in [4.78, 5) is 21.8. The number of nitrogens with one attached hydrogen (secondary N) is 1. The molecule has 1 aliphatic carbocycles. The third kappa shape index (κ3) is 2.94. The van der Waals surface area contributed by atoms with Crippen LogP contribution in [-0.4, -0.2) is 32.2 Å². The van der Waals surface area contributed by atoms with Crippen molar-refractivity contribution in [2.75, 3.05) is 0 Å². The number of carbonyl (C=O) groups is 1.